The van der Waals surface area contributed by atoms with Gasteiger partial charge in [-0.2, -0.15) is 0 Å². The zero-order valence-corrected chi connectivity index (χ0v) is 15.5. The summed E-state index contributed by atoms with van der Waals surface area (Å²) in [5.41, 5.74) is 0. The van der Waals surface area contributed by atoms with Gasteiger partial charge in [0.2, 0.25) is 0 Å². The zero-order chi connectivity index (χ0) is 15.2. The van der Waals surface area contributed by atoms with Crippen molar-refractivity contribution in [2.24, 2.45) is 0 Å². The minimum absolute atomic E-state index is 0. The van der Waals surface area contributed by atoms with Crippen molar-refractivity contribution in [3.63, 3.8) is 0 Å². The van der Waals surface area contributed by atoms with Crippen molar-refractivity contribution in [2.75, 3.05) is 11.5 Å². The first-order valence-corrected chi connectivity index (χ1v) is 10.3. The Balaban J connectivity index is 0.00000220. The Kier molecular flexibility index (Phi) is 5.69. The van der Waals surface area contributed by atoms with Crippen LogP contribution in [0.4, 0.5) is 0 Å². The first kappa shape index (κ1) is 19.1. The second-order valence-electron chi connectivity index (χ2n) is 4.50. The molecule has 1 fully saturated rings. The number of sulfone groups is 2. The number of benzene rings is 1. The second kappa shape index (κ2) is 6.26. The van der Waals surface area contributed by atoms with E-state index in [1.54, 1.807) is 6.07 Å². The maximum Gasteiger partial charge on any atom is 0.183 e. The number of hydrogen-bond donors (Lipinski definition) is 0. The molecule has 1 radical (unpaired) electrons. The van der Waals surface area contributed by atoms with Gasteiger partial charge in [0.15, 0.2) is 19.7 Å². The van der Waals surface area contributed by atoms with Crippen LogP contribution in [0.5, 0.6) is 0 Å². The Morgan fingerprint density at radius 1 is 0.952 bits per heavy atom. The fourth-order valence-electron chi connectivity index (χ4n) is 2.13. The third kappa shape index (κ3) is 4.06. The van der Waals surface area contributed by atoms with E-state index in [0.717, 1.165) is 0 Å². The van der Waals surface area contributed by atoms with Crippen molar-refractivity contribution in [3.8, 4) is 0 Å². The summed E-state index contributed by atoms with van der Waals surface area (Å²) in [6.07, 6.45) is 0. The van der Waals surface area contributed by atoms with Crippen molar-refractivity contribution in [2.45, 2.75) is 15.4 Å². The molecule has 1 aliphatic heterocycles. The minimum Gasteiger partial charge on any atom is -0.748 e. The summed E-state index contributed by atoms with van der Waals surface area (Å²) in [5, 5.41) is -3.71. The third-order valence-corrected chi connectivity index (χ3v) is 8.88. The van der Waals surface area contributed by atoms with Gasteiger partial charge in [-0.3, -0.25) is 0 Å². The van der Waals surface area contributed by atoms with E-state index in [1.807, 2.05) is 0 Å². The molecule has 0 saturated carbocycles. The first-order chi connectivity index (χ1) is 9.04. The summed E-state index contributed by atoms with van der Waals surface area (Å²) >= 11 is 0. The van der Waals surface area contributed by atoms with Gasteiger partial charge in [-0.25, -0.2) is 25.3 Å². The van der Waals surface area contributed by atoms with Crippen LogP contribution in [0.15, 0.2) is 35.2 Å². The third-order valence-electron chi connectivity index (χ3n) is 3.09. The monoisotopic (exact) mass is 362 g/mol. The molecule has 1 aromatic carbocycles. The quantitative estimate of drug-likeness (QED) is 0.488. The molecule has 7 nitrogen and oxygen atoms in total. The minimum atomic E-state index is -5.02. The predicted octanol–water partition coefficient (Wildman–Crippen LogP) is -1.21. The van der Waals surface area contributed by atoms with Crippen LogP contribution in [-0.4, -0.2) is 81.4 Å². The van der Waals surface area contributed by atoms with E-state index in [1.165, 1.54) is 24.3 Å². The molecule has 1 saturated heterocycles. The fourth-order valence-corrected chi connectivity index (χ4v) is 9.30. The van der Waals surface area contributed by atoms with Crippen molar-refractivity contribution >= 4 is 59.3 Å². The Morgan fingerprint density at radius 2 is 1.43 bits per heavy atom. The molecular formula is C10H11NaO7S3-. The summed E-state index contributed by atoms with van der Waals surface area (Å²) < 4.78 is 81.0. The molecule has 0 aliphatic carbocycles. The predicted molar refractivity (Wildman–Crippen MR) is 75.3 cm³/mol. The Hall–Kier alpha value is 0.0300. The SMILES string of the molecule is O=S1(=O)CC(S(=O)(=O)[O-])C(S(=O)(=O)c2ccccc2)C1.[Na]. The second-order valence-corrected chi connectivity index (χ2v) is 10.4. The Labute approximate surface area is 145 Å². The maximum absolute atomic E-state index is 12.3. The molecule has 1 heterocycles. The van der Waals surface area contributed by atoms with Gasteiger partial charge in [0.25, 0.3) is 0 Å². The number of rotatable bonds is 3. The maximum atomic E-state index is 12.3. The van der Waals surface area contributed by atoms with Crippen LogP contribution >= 0.6 is 0 Å². The van der Waals surface area contributed by atoms with Crippen LogP contribution in [0.2, 0.25) is 0 Å². The van der Waals surface area contributed by atoms with E-state index in [-0.39, 0.29) is 34.5 Å². The Morgan fingerprint density at radius 3 is 1.90 bits per heavy atom. The Bertz CT molecular complexity index is 813. The van der Waals surface area contributed by atoms with E-state index >= 15 is 0 Å². The largest absolute Gasteiger partial charge is 0.748 e. The van der Waals surface area contributed by atoms with Crippen LogP contribution < -0.4 is 0 Å². The van der Waals surface area contributed by atoms with Gasteiger partial charge in [0, 0.05) is 29.6 Å². The van der Waals surface area contributed by atoms with Crippen molar-refractivity contribution in [3.05, 3.63) is 30.3 Å². The van der Waals surface area contributed by atoms with Gasteiger partial charge in [-0.15, -0.1) is 0 Å². The van der Waals surface area contributed by atoms with Crippen LogP contribution in [0.25, 0.3) is 0 Å². The van der Waals surface area contributed by atoms with E-state index in [2.05, 4.69) is 0 Å². The molecule has 21 heavy (non-hydrogen) atoms. The van der Waals surface area contributed by atoms with Gasteiger partial charge in [-0.1, -0.05) is 18.2 Å². The molecule has 0 bridgehead atoms. The molecule has 1 aliphatic rings. The molecule has 2 atom stereocenters. The van der Waals surface area contributed by atoms with Crippen LogP contribution in [0.1, 0.15) is 0 Å². The van der Waals surface area contributed by atoms with Gasteiger partial charge < -0.3 is 4.55 Å². The molecule has 0 aromatic heterocycles. The average Bonchev–Trinajstić information content (AvgIpc) is 2.67. The smallest absolute Gasteiger partial charge is 0.183 e. The summed E-state index contributed by atoms with van der Waals surface area (Å²) in [6, 6.07) is 6.88. The number of hydrogen-bond acceptors (Lipinski definition) is 7. The van der Waals surface area contributed by atoms with Crippen molar-refractivity contribution < 1.29 is 29.8 Å². The van der Waals surface area contributed by atoms with Gasteiger partial charge in [0.1, 0.15) is 0 Å². The summed E-state index contributed by atoms with van der Waals surface area (Å²) in [6.45, 7) is 0. The normalized spacial score (nSPS) is 25.2. The zero-order valence-electron chi connectivity index (χ0n) is 11.0. The first-order valence-electron chi connectivity index (χ1n) is 5.48. The van der Waals surface area contributed by atoms with E-state index < -0.39 is 51.8 Å². The standard InChI is InChI=1S/C10H12O7S3.Na/c11-18(12)6-9(10(7-18)20(15,16)17)19(13,14)8-4-2-1-3-5-8;/h1-5,9-10H,6-7H2,(H,15,16,17);/p-1. The van der Waals surface area contributed by atoms with Crippen molar-refractivity contribution in [1.82, 2.24) is 0 Å². The molecule has 1 aromatic rings. The molecule has 2 unspecified atom stereocenters. The summed E-state index contributed by atoms with van der Waals surface area (Å²) in [5.74, 6) is -1.80. The van der Waals surface area contributed by atoms with Crippen LogP contribution in [0.3, 0.4) is 0 Å². The van der Waals surface area contributed by atoms with Gasteiger partial charge in [-0.05, 0) is 12.1 Å². The van der Waals surface area contributed by atoms with Crippen molar-refractivity contribution in [1.29, 1.82) is 0 Å². The van der Waals surface area contributed by atoms with Gasteiger partial charge >= 0.3 is 0 Å². The molecule has 0 amide bonds. The topological polar surface area (TPSA) is 125 Å². The average molecular weight is 362 g/mol. The molecule has 2 rings (SSSR count). The van der Waals surface area contributed by atoms with E-state index in [9.17, 15) is 29.8 Å². The van der Waals surface area contributed by atoms with Crippen LogP contribution in [0, 0.1) is 0 Å². The van der Waals surface area contributed by atoms with Crippen LogP contribution in [-0.2, 0) is 29.8 Å². The molecule has 113 valence electrons. The molecule has 0 N–H and O–H groups in total. The van der Waals surface area contributed by atoms with E-state index in [4.69, 9.17) is 0 Å². The van der Waals surface area contributed by atoms with E-state index in [0.29, 0.717) is 0 Å². The summed E-state index contributed by atoms with van der Waals surface area (Å²) in [7, 11) is -13.1. The molecular weight excluding hydrogens is 351 g/mol. The fraction of sp³-hybridized carbons (Fsp3) is 0.400. The molecule has 11 heteroatoms. The summed E-state index contributed by atoms with van der Waals surface area (Å²) in [4.78, 5) is -0.198. The molecule has 0 spiro atoms. The van der Waals surface area contributed by atoms with Gasteiger partial charge in [0.05, 0.1) is 37.0 Å².